The smallest absolute Gasteiger partial charge is 0.326 e. The minimum absolute atomic E-state index is 0.00324. The number of hydrogen-bond donors (Lipinski definition) is 12. The molecule has 27 heteroatoms. The number of carboxylic acid groups (broad SMARTS) is 5. The summed E-state index contributed by atoms with van der Waals surface area (Å²) in [6.07, 6.45) is 20.9. The molecule has 592 valence electrons. The Balaban J connectivity index is 1.69. The van der Waals surface area contributed by atoms with Crippen molar-refractivity contribution in [2.75, 3.05) is 19.6 Å². The fourth-order valence-corrected chi connectivity index (χ4v) is 13.2. The van der Waals surface area contributed by atoms with Crippen LogP contribution in [0.25, 0.3) is 0 Å². The average Bonchev–Trinajstić information content (AvgIpc) is 0.879. The highest BCUT2D eigenvalue weighted by atomic mass is 16.4. The Bertz CT molecular complexity index is 2880. The Kier molecular flexibility index (Phi) is 49.2. The third-order valence-electron chi connectivity index (χ3n) is 19.9. The fourth-order valence-electron chi connectivity index (χ4n) is 13.2. The van der Waals surface area contributed by atoms with E-state index in [-0.39, 0.29) is 105 Å². The van der Waals surface area contributed by atoms with Gasteiger partial charge in [0.15, 0.2) is 5.78 Å². The summed E-state index contributed by atoms with van der Waals surface area (Å²) >= 11 is 0. The van der Waals surface area contributed by atoms with Crippen LogP contribution < -0.4 is 31.9 Å². The third kappa shape index (κ3) is 44.6. The predicted molar refractivity (Wildman–Crippen MR) is 392 cm³/mol. The molecule has 2 rings (SSSR count). The Labute approximate surface area is 619 Å². The highest BCUT2D eigenvalue weighted by Crippen LogP contribution is 2.29. The number of amides is 5. The van der Waals surface area contributed by atoms with Gasteiger partial charge in [0.2, 0.25) is 29.5 Å². The van der Waals surface area contributed by atoms with E-state index in [1.165, 1.54) is 76.8 Å². The molecule has 0 aromatic heterocycles. The van der Waals surface area contributed by atoms with Gasteiger partial charge in [0.05, 0.1) is 30.5 Å². The summed E-state index contributed by atoms with van der Waals surface area (Å²) in [5.41, 5.74) is 0.737. The van der Waals surface area contributed by atoms with Crippen LogP contribution in [0.15, 0.2) is 24.3 Å². The Morgan fingerprint density at radius 3 is 1.39 bits per heavy atom. The zero-order chi connectivity index (χ0) is 77.9. The number of benzene rings is 1. The van der Waals surface area contributed by atoms with Gasteiger partial charge in [0.25, 0.3) is 0 Å². The van der Waals surface area contributed by atoms with Gasteiger partial charge in [-0.2, -0.15) is 0 Å². The van der Waals surface area contributed by atoms with E-state index in [9.17, 15) is 97.5 Å². The van der Waals surface area contributed by atoms with Crippen molar-refractivity contribution < 1.29 is 103 Å². The molecule has 1 aliphatic rings. The first-order chi connectivity index (χ1) is 50.1. The van der Waals surface area contributed by atoms with Crippen LogP contribution in [0.2, 0.25) is 0 Å². The van der Waals surface area contributed by atoms with E-state index in [1.54, 1.807) is 19.1 Å². The van der Waals surface area contributed by atoms with Crippen molar-refractivity contribution >= 4 is 88.3 Å². The summed E-state index contributed by atoms with van der Waals surface area (Å²) in [5.74, 6) is -13.9. The molecule has 1 aromatic rings. The quantitative estimate of drug-likeness (QED) is 0.0270. The number of ketones is 5. The normalized spacial score (nSPS) is 15.5. The molecule has 1 fully saturated rings. The number of carbonyl (C=O) groups is 15. The van der Waals surface area contributed by atoms with Crippen molar-refractivity contribution in [3.05, 3.63) is 29.8 Å². The first-order valence-corrected chi connectivity index (χ1v) is 38.8. The standard InChI is InChI=1S/C78H124N6O21/c1-4-6-25-56(35-44-68(90)66(82-53(3)85)48-54-31-38-60(86)39-32-54)69(91)52-80-63(67(89)5-2)26-23-24-47-79-71(93)45-36-58(75(98)99)49-61(87)40-42-64(77(102)103)83-72(94)46-37-59(76(100)101)50-62(88)41-43-65(78(104)105)84-74(97)57-33-29-55(30-34-57)51-81-70(92)27-21-19-17-15-13-11-9-7-8-10-12-14-16-18-20-22-28-73(95)96/h31-32,38-39,55-59,63-66,80,86H,4-30,33-37,40-52H2,1-3H3,(H,79,93)(H,81,92)(H,82,85)(H,83,94)(H,84,97)(H,95,96)(H,98,99)(H,100,101)(H,102,103)(H,104,105)/t55?,56-,57?,58-,59-,63+,64+,65+,66-/m1/s1. The summed E-state index contributed by atoms with van der Waals surface area (Å²) in [7, 11) is 0. The minimum atomic E-state index is -1.63. The molecule has 0 bridgehead atoms. The van der Waals surface area contributed by atoms with Crippen LogP contribution in [-0.4, -0.2) is 163 Å². The fraction of sp³-hybridized carbons (Fsp3) is 0.731. The summed E-state index contributed by atoms with van der Waals surface area (Å²) in [6.45, 7) is 5.57. The van der Waals surface area contributed by atoms with Crippen LogP contribution in [0, 0.1) is 29.6 Å². The van der Waals surface area contributed by atoms with Gasteiger partial charge < -0.3 is 62.5 Å². The number of phenolic OH excluding ortho intramolecular Hbond substituents is 1. The van der Waals surface area contributed by atoms with Crippen LogP contribution in [0.5, 0.6) is 5.75 Å². The molecule has 1 saturated carbocycles. The molecule has 7 atom stereocenters. The largest absolute Gasteiger partial charge is 0.508 e. The van der Waals surface area contributed by atoms with Gasteiger partial charge in [-0.05, 0) is 126 Å². The number of rotatable bonds is 65. The summed E-state index contributed by atoms with van der Waals surface area (Å²) in [6, 6.07) is 1.76. The second-order valence-corrected chi connectivity index (χ2v) is 28.7. The monoisotopic (exact) mass is 1480 g/mol. The second-order valence-electron chi connectivity index (χ2n) is 28.7. The van der Waals surface area contributed by atoms with Crippen LogP contribution in [0.3, 0.4) is 0 Å². The van der Waals surface area contributed by atoms with Crippen molar-refractivity contribution in [1.82, 2.24) is 31.9 Å². The molecule has 0 saturated heterocycles. The number of carbonyl (C=O) groups excluding carboxylic acids is 10. The predicted octanol–water partition coefficient (Wildman–Crippen LogP) is 10.00. The van der Waals surface area contributed by atoms with Gasteiger partial charge in [0, 0.05) is 96.1 Å². The molecule has 5 amide bonds. The molecule has 0 radical (unpaired) electrons. The molecule has 0 aliphatic heterocycles. The van der Waals surface area contributed by atoms with E-state index in [1.807, 2.05) is 6.92 Å². The van der Waals surface area contributed by atoms with E-state index in [4.69, 9.17) is 5.11 Å². The van der Waals surface area contributed by atoms with Crippen LogP contribution in [-0.2, 0) is 78.3 Å². The van der Waals surface area contributed by atoms with Gasteiger partial charge in [-0.15, -0.1) is 0 Å². The van der Waals surface area contributed by atoms with Crippen molar-refractivity contribution in [3.8, 4) is 5.75 Å². The zero-order valence-corrected chi connectivity index (χ0v) is 62.6. The van der Waals surface area contributed by atoms with Gasteiger partial charge in [-0.3, -0.25) is 62.3 Å². The molecular weight excluding hydrogens is 1360 g/mol. The number of unbranched alkanes of at least 4 members (excludes halogenated alkanes) is 17. The highest BCUT2D eigenvalue weighted by Gasteiger charge is 2.33. The molecule has 0 heterocycles. The lowest BCUT2D eigenvalue weighted by molar-refractivity contribution is -0.145. The number of nitrogens with one attached hydrogen (secondary N) is 6. The van der Waals surface area contributed by atoms with Crippen molar-refractivity contribution in [2.24, 2.45) is 29.6 Å². The summed E-state index contributed by atoms with van der Waals surface area (Å²) < 4.78 is 0. The van der Waals surface area contributed by atoms with Gasteiger partial charge in [-0.25, -0.2) is 9.59 Å². The third-order valence-corrected chi connectivity index (χ3v) is 19.9. The average molecular weight is 1480 g/mol. The maximum Gasteiger partial charge on any atom is 0.326 e. The molecule has 27 nitrogen and oxygen atoms in total. The van der Waals surface area contributed by atoms with Gasteiger partial charge >= 0.3 is 29.8 Å². The molecule has 0 unspecified atom stereocenters. The number of aromatic hydroxyl groups is 1. The van der Waals surface area contributed by atoms with E-state index in [2.05, 4.69) is 31.9 Å². The highest BCUT2D eigenvalue weighted by molar-refractivity contribution is 5.91. The van der Waals surface area contributed by atoms with E-state index < -0.39 is 152 Å². The molecule has 0 spiro atoms. The van der Waals surface area contributed by atoms with Crippen LogP contribution in [0.4, 0.5) is 0 Å². The summed E-state index contributed by atoms with van der Waals surface area (Å²) in [5, 5.41) is 74.2. The number of aliphatic carboxylic acids is 5. The number of phenols is 1. The first-order valence-electron chi connectivity index (χ1n) is 38.8. The van der Waals surface area contributed by atoms with E-state index >= 15 is 0 Å². The van der Waals surface area contributed by atoms with Crippen LogP contribution in [0.1, 0.15) is 290 Å². The zero-order valence-electron chi connectivity index (χ0n) is 62.6. The number of hydrogen-bond acceptors (Lipinski definition) is 17. The minimum Gasteiger partial charge on any atom is -0.508 e. The van der Waals surface area contributed by atoms with E-state index in [0.29, 0.717) is 64.3 Å². The first kappa shape index (κ1) is 93.1. The maximum absolute atomic E-state index is 13.6. The number of Topliss-reactive ketones (excluding diaryl/α,β-unsaturated/α-hetero) is 5. The molecule has 12 N–H and O–H groups in total. The number of carboxylic acids is 5. The van der Waals surface area contributed by atoms with Crippen LogP contribution >= 0.6 is 0 Å². The van der Waals surface area contributed by atoms with Crippen molar-refractivity contribution in [2.45, 2.75) is 315 Å². The lowest BCUT2D eigenvalue weighted by atomic mass is 9.81. The van der Waals surface area contributed by atoms with Crippen molar-refractivity contribution in [1.29, 1.82) is 0 Å². The van der Waals surface area contributed by atoms with E-state index in [0.717, 1.165) is 63.4 Å². The molecule has 1 aliphatic carbocycles. The topological polar surface area (TPSA) is 450 Å². The van der Waals surface area contributed by atoms with Gasteiger partial charge in [0.1, 0.15) is 41.0 Å². The summed E-state index contributed by atoms with van der Waals surface area (Å²) in [4.78, 5) is 189. The lowest BCUT2D eigenvalue weighted by Crippen LogP contribution is -2.45. The van der Waals surface area contributed by atoms with Crippen molar-refractivity contribution in [3.63, 3.8) is 0 Å². The Morgan fingerprint density at radius 2 is 0.905 bits per heavy atom. The Hall–Kier alpha value is -7.97. The molecule has 1 aromatic carbocycles. The molecule has 105 heavy (non-hydrogen) atoms. The second kappa shape index (κ2) is 55.5. The molecular formula is C78H124N6O21. The maximum atomic E-state index is 13.6. The lowest BCUT2D eigenvalue weighted by Gasteiger charge is -2.28. The SMILES string of the molecule is CCCC[C@H](CCC(=O)[C@@H](Cc1ccc(O)cc1)NC(C)=O)C(=O)CN[C@@H](CCCCNC(=O)CC[C@H](CC(=O)CC[C@H](NC(=O)CC[C@H](CC(=O)CC[C@H](NC(=O)C1CCC(CNC(=O)CCCCCCCCCCCCCCCCCCC(=O)O)CC1)C(=O)O)C(=O)O)C(=O)O)C(=O)O)C(=O)CC. The van der Waals surface area contributed by atoms with Gasteiger partial charge in [-0.1, -0.05) is 129 Å². The Morgan fingerprint density at radius 1 is 0.419 bits per heavy atom.